The van der Waals surface area contributed by atoms with Gasteiger partial charge in [-0.15, -0.1) is 0 Å². The van der Waals surface area contributed by atoms with Crippen molar-refractivity contribution in [3.8, 4) is 0 Å². The number of rotatable bonds is 4. The molecule has 1 amide bonds. The van der Waals surface area contributed by atoms with E-state index in [4.69, 9.17) is 5.73 Å². The van der Waals surface area contributed by atoms with Crippen LogP contribution in [-0.2, 0) is 4.79 Å². The lowest BCUT2D eigenvalue weighted by Crippen LogP contribution is -2.61. The molecule has 0 aromatic carbocycles. The molecule has 0 aliphatic heterocycles. The van der Waals surface area contributed by atoms with Crippen LogP contribution in [0.25, 0.3) is 0 Å². The molecule has 4 heteroatoms. The Hall–Kier alpha value is -0.610. The Morgan fingerprint density at radius 2 is 1.67 bits per heavy atom. The predicted octanol–water partition coefficient (Wildman–Crippen LogP) is 0.635. The third kappa shape index (κ3) is 3.80. The second-order valence-corrected chi connectivity index (χ2v) is 5.44. The quantitative estimate of drug-likeness (QED) is 0.645. The summed E-state index contributed by atoms with van der Waals surface area (Å²) < 4.78 is 0. The Bertz CT molecular complexity index is 229. The van der Waals surface area contributed by atoms with Gasteiger partial charge in [-0.3, -0.25) is 4.79 Å². The summed E-state index contributed by atoms with van der Waals surface area (Å²) in [5.74, 6) is -0.139. The van der Waals surface area contributed by atoms with Crippen molar-refractivity contribution in [2.45, 2.75) is 58.7 Å². The molecule has 0 rings (SSSR count). The molecule has 0 fully saturated rings. The number of aliphatic hydroxyl groups is 1. The highest BCUT2D eigenvalue weighted by Crippen LogP contribution is 2.20. The number of carbonyl (C=O) groups is 1. The van der Waals surface area contributed by atoms with Crippen molar-refractivity contribution >= 4 is 5.91 Å². The van der Waals surface area contributed by atoms with Crippen molar-refractivity contribution < 1.29 is 9.90 Å². The van der Waals surface area contributed by atoms with Crippen LogP contribution in [0.5, 0.6) is 0 Å². The molecule has 0 aliphatic rings. The van der Waals surface area contributed by atoms with Crippen molar-refractivity contribution in [3.05, 3.63) is 0 Å². The summed E-state index contributed by atoms with van der Waals surface area (Å²) in [6, 6.07) is -0.536. The normalized spacial score (nSPS) is 15.3. The Labute approximate surface area is 92.2 Å². The summed E-state index contributed by atoms with van der Waals surface area (Å²) in [5.41, 5.74) is 4.03. The van der Waals surface area contributed by atoms with Crippen LogP contribution in [0, 0.1) is 5.92 Å². The fourth-order valence-corrected chi connectivity index (χ4v) is 0.847. The summed E-state index contributed by atoms with van der Waals surface area (Å²) in [6.45, 7) is 10.7. The Balaban J connectivity index is 4.55. The van der Waals surface area contributed by atoms with E-state index in [0.717, 1.165) is 0 Å². The molecule has 1 atom stereocenters. The molecule has 0 radical (unpaired) electrons. The average Bonchev–Trinajstić information content (AvgIpc) is 1.99. The zero-order chi connectivity index (χ0) is 12.4. The smallest absolute Gasteiger partial charge is 0.237 e. The minimum atomic E-state index is -0.987. The van der Waals surface area contributed by atoms with E-state index in [1.54, 1.807) is 27.7 Å². The monoisotopic (exact) mass is 216 g/mol. The number of nitrogens with two attached hydrogens (primary N) is 1. The molecule has 0 saturated carbocycles. The third-order valence-corrected chi connectivity index (χ3v) is 2.99. The molecule has 0 spiro atoms. The van der Waals surface area contributed by atoms with Crippen LogP contribution in [-0.4, -0.2) is 28.2 Å². The van der Waals surface area contributed by atoms with Gasteiger partial charge in [0.15, 0.2) is 0 Å². The second-order valence-electron chi connectivity index (χ2n) is 5.44. The maximum absolute atomic E-state index is 11.7. The van der Waals surface area contributed by atoms with Gasteiger partial charge in [0.25, 0.3) is 0 Å². The lowest BCUT2D eigenvalue weighted by molar-refractivity contribution is -0.128. The zero-order valence-electron chi connectivity index (χ0n) is 10.6. The van der Waals surface area contributed by atoms with Gasteiger partial charge in [0.1, 0.15) is 0 Å². The maximum Gasteiger partial charge on any atom is 0.237 e. The van der Waals surface area contributed by atoms with Crippen molar-refractivity contribution in [3.63, 3.8) is 0 Å². The van der Waals surface area contributed by atoms with E-state index in [2.05, 4.69) is 5.32 Å². The van der Waals surface area contributed by atoms with Crippen LogP contribution in [0.3, 0.4) is 0 Å². The highest BCUT2D eigenvalue weighted by molar-refractivity contribution is 5.82. The molecule has 90 valence electrons. The first kappa shape index (κ1) is 14.4. The summed E-state index contributed by atoms with van der Waals surface area (Å²) in [4.78, 5) is 11.7. The van der Waals surface area contributed by atoms with Gasteiger partial charge in [0, 0.05) is 0 Å². The Kier molecular flexibility index (Phi) is 4.31. The van der Waals surface area contributed by atoms with Gasteiger partial charge in [-0.25, -0.2) is 0 Å². The van der Waals surface area contributed by atoms with Gasteiger partial charge >= 0.3 is 0 Å². The fourth-order valence-electron chi connectivity index (χ4n) is 0.847. The highest BCUT2D eigenvalue weighted by atomic mass is 16.3. The third-order valence-electron chi connectivity index (χ3n) is 2.99. The van der Waals surface area contributed by atoms with Gasteiger partial charge in [0.05, 0.1) is 17.2 Å². The molecule has 0 unspecified atom stereocenters. The molecule has 15 heavy (non-hydrogen) atoms. The lowest BCUT2D eigenvalue weighted by atomic mass is 9.85. The molecule has 0 aromatic heterocycles. The molecule has 0 aromatic rings. The number of carbonyl (C=O) groups excluding carboxylic acids is 1. The summed E-state index contributed by atoms with van der Waals surface area (Å²) in [7, 11) is 0. The number of nitrogens with one attached hydrogen (secondary N) is 1. The van der Waals surface area contributed by atoms with E-state index in [-0.39, 0.29) is 11.8 Å². The summed E-state index contributed by atoms with van der Waals surface area (Å²) in [5, 5.41) is 12.6. The van der Waals surface area contributed by atoms with Crippen LogP contribution in [0.1, 0.15) is 41.5 Å². The molecule has 0 aliphatic carbocycles. The van der Waals surface area contributed by atoms with E-state index in [9.17, 15) is 9.90 Å². The van der Waals surface area contributed by atoms with Crippen LogP contribution < -0.4 is 11.1 Å². The largest absolute Gasteiger partial charge is 0.388 e. The standard InChI is InChI=1S/C11H24N2O2/c1-7(2)8(12)9(14)13-10(3,4)11(5,6)15/h7-8,15H,12H2,1-6H3,(H,13,14)/t8-/m0/s1. The Morgan fingerprint density at radius 3 is 1.93 bits per heavy atom. The van der Waals surface area contributed by atoms with Crippen molar-refractivity contribution in [1.82, 2.24) is 5.32 Å². The van der Waals surface area contributed by atoms with Crippen molar-refractivity contribution in [2.75, 3.05) is 0 Å². The van der Waals surface area contributed by atoms with Crippen LogP contribution in [0.15, 0.2) is 0 Å². The van der Waals surface area contributed by atoms with E-state index >= 15 is 0 Å². The average molecular weight is 216 g/mol. The van der Waals surface area contributed by atoms with Crippen LogP contribution in [0.2, 0.25) is 0 Å². The van der Waals surface area contributed by atoms with Gasteiger partial charge in [-0.05, 0) is 33.6 Å². The van der Waals surface area contributed by atoms with Crippen molar-refractivity contribution in [2.24, 2.45) is 11.7 Å². The van der Waals surface area contributed by atoms with E-state index in [0.29, 0.717) is 0 Å². The van der Waals surface area contributed by atoms with E-state index < -0.39 is 17.2 Å². The molecule has 4 N–H and O–H groups in total. The molecular weight excluding hydrogens is 192 g/mol. The van der Waals surface area contributed by atoms with Crippen molar-refractivity contribution in [1.29, 1.82) is 0 Å². The molecule has 4 nitrogen and oxygen atoms in total. The first-order chi connectivity index (χ1) is 6.49. The molecular formula is C11H24N2O2. The minimum Gasteiger partial charge on any atom is -0.388 e. The molecule has 0 bridgehead atoms. The molecule has 0 saturated heterocycles. The minimum absolute atomic E-state index is 0.0857. The zero-order valence-corrected chi connectivity index (χ0v) is 10.6. The second kappa shape index (κ2) is 4.49. The first-order valence-corrected chi connectivity index (χ1v) is 5.29. The number of hydrogen-bond donors (Lipinski definition) is 3. The fraction of sp³-hybridized carbons (Fsp3) is 0.909. The first-order valence-electron chi connectivity index (χ1n) is 5.29. The van der Waals surface area contributed by atoms with E-state index in [1.807, 2.05) is 13.8 Å². The predicted molar refractivity (Wildman–Crippen MR) is 61.3 cm³/mol. The highest BCUT2D eigenvalue weighted by Gasteiger charge is 2.37. The maximum atomic E-state index is 11.7. The van der Waals surface area contributed by atoms with Gasteiger partial charge in [-0.2, -0.15) is 0 Å². The topological polar surface area (TPSA) is 75.4 Å². The number of hydrogen-bond acceptors (Lipinski definition) is 3. The molecule has 0 heterocycles. The van der Waals surface area contributed by atoms with E-state index in [1.165, 1.54) is 0 Å². The SMILES string of the molecule is CC(C)[C@H](N)C(=O)NC(C)(C)C(C)(C)O. The summed E-state index contributed by atoms with van der Waals surface area (Å²) >= 11 is 0. The van der Waals surface area contributed by atoms with Gasteiger partial charge < -0.3 is 16.2 Å². The van der Waals surface area contributed by atoms with Gasteiger partial charge in [0.2, 0.25) is 5.91 Å². The number of amides is 1. The summed E-state index contributed by atoms with van der Waals surface area (Å²) in [6.07, 6.45) is 0. The van der Waals surface area contributed by atoms with Gasteiger partial charge in [-0.1, -0.05) is 13.8 Å². The van der Waals surface area contributed by atoms with Crippen LogP contribution in [0.4, 0.5) is 0 Å². The van der Waals surface area contributed by atoms with Crippen LogP contribution >= 0.6 is 0 Å². The lowest BCUT2D eigenvalue weighted by Gasteiger charge is -2.38. The Morgan fingerprint density at radius 1 is 1.27 bits per heavy atom.